The number of rotatable bonds is 19. The number of carboxylic acid groups (broad SMARTS) is 1. The van der Waals surface area contributed by atoms with Crippen LogP contribution in [-0.2, 0) is 57.0 Å². The van der Waals surface area contributed by atoms with Gasteiger partial charge in [0.1, 0.15) is 23.9 Å². The van der Waals surface area contributed by atoms with Crippen molar-refractivity contribution in [3.05, 3.63) is 11.8 Å². The van der Waals surface area contributed by atoms with E-state index in [0.29, 0.717) is 26.4 Å². The number of guanidine groups is 1. The highest BCUT2D eigenvalue weighted by molar-refractivity contribution is 6.01. The van der Waals surface area contributed by atoms with Crippen LogP contribution in [0.4, 0.5) is 14.4 Å². The van der Waals surface area contributed by atoms with Crippen molar-refractivity contribution in [3.8, 4) is 12.3 Å². The van der Waals surface area contributed by atoms with Gasteiger partial charge in [0.05, 0.1) is 64.9 Å². The summed E-state index contributed by atoms with van der Waals surface area (Å²) in [5.74, 6) is -2.10. The van der Waals surface area contributed by atoms with Crippen LogP contribution in [0.1, 0.15) is 62.3 Å². The van der Waals surface area contributed by atoms with E-state index in [1.807, 2.05) is 0 Å². The molecule has 1 fully saturated rings. The second-order valence-corrected chi connectivity index (χ2v) is 15.6. The normalized spacial score (nSPS) is 20.4. The van der Waals surface area contributed by atoms with Crippen molar-refractivity contribution >= 4 is 36.1 Å². The number of ether oxygens (including phenoxy) is 10. The Bertz CT molecular complexity index is 1480. The first-order valence-corrected chi connectivity index (χ1v) is 18.9. The van der Waals surface area contributed by atoms with Crippen molar-refractivity contribution in [3.63, 3.8) is 0 Å². The molecule has 5 atom stereocenters. The van der Waals surface area contributed by atoms with Gasteiger partial charge in [-0.25, -0.2) is 24.2 Å². The molecular formula is C38H61N5O16. The predicted octanol–water partition coefficient (Wildman–Crippen LogP) is 1.92. The van der Waals surface area contributed by atoms with E-state index < -0.39 is 89.3 Å². The molecule has 59 heavy (non-hydrogen) atoms. The Hall–Kier alpha value is -4.72. The number of aliphatic carboxylic acids is 1. The Kier molecular flexibility index (Phi) is 20.3. The van der Waals surface area contributed by atoms with Crippen LogP contribution in [-0.4, -0.2) is 167 Å². The van der Waals surface area contributed by atoms with Gasteiger partial charge in [-0.05, 0) is 61.5 Å². The molecule has 0 aromatic carbocycles. The van der Waals surface area contributed by atoms with Crippen molar-refractivity contribution in [1.29, 1.82) is 0 Å². The van der Waals surface area contributed by atoms with Gasteiger partial charge in [0.25, 0.3) is 0 Å². The summed E-state index contributed by atoms with van der Waals surface area (Å²) in [5.41, 5.74) is -1.92. The first-order valence-electron chi connectivity index (χ1n) is 18.9. The first kappa shape index (κ1) is 50.4. The van der Waals surface area contributed by atoms with Crippen molar-refractivity contribution in [1.82, 2.24) is 20.9 Å². The van der Waals surface area contributed by atoms with Gasteiger partial charge in [0, 0.05) is 20.5 Å². The summed E-state index contributed by atoms with van der Waals surface area (Å²) in [5, 5.41) is 17.5. The Morgan fingerprint density at radius 2 is 1.46 bits per heavy atom. The van der Waals surface area contributed by atoms with Crippen molar-refractivity contribution in [2.75, 3.05) is 73.1 Å². The van der Waals surface area contributed by atoms with E-state index in [4.69, 9.17) is 53.8 Å². The summed E-state index contributed by atoms with van der Waals surface area (Å²) in [6, 6.07) is -2.70. The molecule has 2 aliphatic rings. The van der Waals surface area contributed by atoms with Gasteiger partial charge in [0.15, 0.2) is 18.0 Å². The number of amides is 4. The van der Waals surface area contributed by atoms with Crippen LogP contribution < -0.4 is 16.0 Å². The molecule has 4 N–H and O–H groups in total. The number of carbonyl (C=O) groups excluding carboxylic acids is 4. The minimum absolute atomic E-state index is 0.0731. The lowest BCUT2D eigenvalue weighted by atomic mass is 9.92. The van der Waals surface area contributed by atoms with E-state index in [2.05, 4.69) is 26.9 Å². The fourth-order valence-electron chi connectivity index (χ4n) is 5.19. The van der Waals surface area contributed by atoms with Crippen LogP contribution in [0.3, 0.4) is 0 Å². The molecule has 21 nitrogen and oxygen atoms in total. The number of likely N-dealkylation sites (N-methyl/N-ethyl adjacent to an activating group) is 1. The zero-order chi connectivity index (χ0) is 44.4. The molecule has 334 valence electrons. The summed E-state index contributed by atoms with van der Waals surface area (Å²) in [6.07, 6.45) is -0.738. The highest BCUT2D eigenvalue weighted by Gasteiger charge is 2.51. The number of alkyl carbamates (subject to hydrolysis) is 2. The maximum absolute atomic E-state index is 13.6. The van der Waals surface area contributed by atoms with E-state index in [1.165, 1.54) is 18.9 Å². The lowest BCUT2D eigenvalue weighted by Crippen LogP contribution is -2.61. The van der Waals surface area contributed by atoms with E-state index in [1.54, 1.807) is 55.4 Å². The molecule has 2 aliphatic heterocycles. The monoisotopic (exact) mass is 843 g/mol. The van der Waals surface area contributed by atoms with E-state index in [-0.39, 0.29) is 39.6 Å². The molecule has 4 amide bonds. The van der Waals surface area contributed by atoms with E-state index in [0.717, 1.165) is 6.08 Å². The molecular weight excluding hydrogens is 782 g/mol. The molecule has 0 aliphatic carbocycles. The molecule has 0 unspecified atom stereocenters. The number of carboxylic acids is 1. The van der Waals surface area contributed by atoms with Gasteiger partial charge in [-0.3, -0.25) is 15.4 Å². The van der Waals surface area contributed by atoms with E-state index >= 15 is 0 Å². The second kappa shape index (κ2) is 23.8. The lowest BCUT2D eigenvalue weighted by molar-refractivity contribution is -0.170. The number of hydrogen-bond donors (Lipinski definition) is 4. The molecule has 0 aromatic heterocycles. The molecule has 2 rings (SSSR count). The molecule has 0 radical (unpaired) electrons. The topological polar surface area (TPSA) is 250 Å². The van der Waals surface area contributed by atoms with Gasteiger partial charge in [-0.2, -0.15) is 0 Å². The van der Waals surface area contributed by atoms with Gasteiger partial charge in [-0.15, -0.1) is 6.42 Å². The number of carbonyl (C=O) groups is 5. The Morgan fingerprint density at radius 3 is 1.92 bits per heavy atom. The highest BCUT2D eigenvalue weighted by atomic mass is 16.8. The maximum Gasteiger partial charge on any atom is 0.414 e. The van der Waals surface area contributed by atoms with Crippen LogP contribution in [0, 0.1) is 12.3 Å². The smallest absolute Gasteiger partial charge is 0.414 e. The molecule has 1 saturated heterocycles. The fourth-order valence-corrected chi connectivity index (χ4v) is 5.19. The minimum Gasteiger partial charge on any atom is -0.477 e. The summed E-state index contributed by atoms with van der Waals surface area (Å²) < 4.78 is 56.0. The number of nitrogens with zero attached hydrogens (tertiary/aromatic N) is 2. The third-order valence-corrected chi connectivity index (χ3v) is 7.55. The summed E-state index contributed by atoms with van der Waals surface area (Å²) >= 11 is 0. The zero-order valence-electron chi connectivity index (χ0n) is 35.6. The highest BCUT2D eigenvalue weighted by Crippen LogP contribution is 2.33. The quantitative estimate of drug-likeness (QED) is 0.0477. The van der Waals surface area contributed by atoms with Crippen molar-refractivity contribution in [2.45, 2.75) is 110 Å². The van der Waals surface area contributed by atoms with E-state index in [9.17, 15) is 29.1 Å². The number of aliphatic imine (C=N–C) groups is 1. The van der Waals surface area contributed by atoms with Crippen LogP contribution >= 0.6 is 0 Å². The SMILES string of the molecule is C#CCOCCOCCOCCOCCN(C)C(=O)O[C@@H]([C@H]1OC(C(=O)O)=C[C@@H](N=C(NC(=O)OC(C)(C)C)NC(=O)OC(C)(C)C)[C@@H]1NC(C)=O)[C@H]1COC(C)(C)O1. The fraction of sp³-hybridized carbons (Fsp3) is 0.737. The number of nitrogens with one attached hydrogen (secondary N) is 3. The average Bonchev–Trinajstić information content (AvgIpc) is 3.46. The van der Waals surface area contributed by atoms with Gasteiger partial charge < -0.3 is 62.7 Å². The van der Waals surface area contributed by atoms with Crippen LogP contribution in [0.5, 0.6) is 0 Å². The minimum atomic E-state index is -1.54. The molecule has 2 heterocycles. The molecule has 0 spiro atoms. The molecule has 21 heteroatoms. The van der Waals surface area contributed by atoms with Crippen LogP contribution in [0.15, 0.2) is 16.8 Å². The van der Waals surface area contributed by atoms with Crippen molar-refractivity contribution in [2.24, 2.45) is 4.99 Å². The molecule has 0 bridgehead atoms. The Balaban J connectivity index is 2.34. The summed E-state index contributed by atoms with van der Waals surface area (Å²) in [6.45, 7) is 16.4. The zero-order valence-corrected chi connectivity index (χ0v) is 35.6. The predicted molar refractivity (Wildman–Crippen MR) is 208 cm³/mol. The summed E-state index contributed by atoms with van der Waals surface area (Å²) in [4.78, 5) is 70.2. The molecule has 0 saturated carbocycles. The maximum atomic E-state index is 13.6. The first-order chi connectivity index (χ1) is 27.5. The molecule has 0 aromatic rings. The number of terminal acetylenes is 1. The van der Waals surface area contributed by atoms with Crippen molar-refractivity contribution < 1.29 is 76.4 Å². The van der Waals surface area contributed by atoms with Crippen LogP contribution in [0.25, 0.3) is 0 Å². The lowest BCUT2D eigenvalue weighted by Gasteiger charge is -2.40. The largest absolute Gasteiger partial charge is 0.477 e. The summed E-state index contributed by atoms with van der Waals surface area (Å²) in [7, 11) is 1.46. The Labute approximate surface area is 345 Å². The number of hydrogen-bond acceptors (Lipinski definition) is 16. The van der Waals surface area contributed by atoms with Gasteiger partial charge in [0.2, 0.25) is 17.6 Å². The third-order valence-electron chi connectivity index (χ3n) is 7.55. The average molecular weight is 844 g/mol. The van der Waals surface area contributed by atoms with Gasteiger partial charge >= 0.3 is 24.2 Å². The van der Waals surface area contributed by atoms with Crippen LogP contribution in [0.2, 0.25) is 0 Å². The second-order valence-electron chi connectivity index (χ2n) is 15.6. The van der Waals surface area contributed by atoms with Gasteiger partial charge in [-0.1, -0.05) is 5.92 Å². The Morgan fingerprint density at radius 1 is 0.932 bits per heavy atom. The third kappa shape index (κ3) is 20.2. The standard InChI is InChI=1S/C38H61N5O16/c1-12-14-50-16-18-52-20-21-53-19-17-51-15-13-43(11)35(49)56-29(27-23-54-38(9,10)57-27)30-28(39-24(2)44)25(22-26(55-30)31(45)46)40-32(41-33(47)58-36(3,4)5)42-34(48)59-37(6,7)8/h1,22,25,27-30H,13-21,23H2,2-11H3,(H,39,44)(H,45,46)(H2,40,41,42,47,48)/t25-,27-,28+,29-,30+/m1/s1.